The second kappa shape index (κ2) is 11.2. The number of unbranched alkanes of at least 4 members (excludes halogenated alkanes) is 1. The Morgan fingerprint density at radius 2 is 1.80 bits per heavy atom. The molecule has 0 saturated carbocycles. The van der Waals surface area contributed by atoms with Crippen LogP contribution in [0.2, 0.25) is 0 Å². The van der Waals surface area contributed by atoms with Gasteiger partial charge < -0.3 is 25.6 Å². The molecule has 0 aliphatic rings. The molecule has 0 fully saturated rings. The van der Waals surface area contributed by atoms with Crippen molar-refractivity contribution in [2.24, 2.45) is 5.73 Å². The predicted molar refractivity (Wildman–Crippen MR) is 56.0 cm³/mol. The van der Waals surface area contributed by atoms with Gasteiger partial charge in [-0.15, -0.1) is 0 Å². The van der Waals surface area contributed by atoms with Gasteiger partial charge in [0.05, 0.1) is 19.8 Å². The summed E-state index contributed by atoms with van der Waals surface area (Å²) in [5, 5.41) is 10.4. The van der Waals surface area contributed by atoms with Crippen LogP contribution in [0.3, 0.4) is 0 Å². The van der Waals surface area contributed by atoms with Gasteiger partial charge in [0.15, 0.2) is 0 Å². The molecule has 0 saturated heterocycles. The molecule has 0 aliphatic heterocycles. The third-order valence-corrected chi connectivity index (χ3v) is 1.64. The van der Waals surface area contributed by atoms with Crippen LogP contribution in [0.25, 0.3) is 0 Å². The number of nitrogens with one attached hydrogen (secondary N) is 1. The maximum atomic E-state index is 10.0. The Morgan fingerprint density at radius 3 is 2.40 bits per heavy atom. The highest BCUT2D eigenvalue weighted by atomic mass is 16.5. The van der Waals surface area contributed by atoms with Gasteiger partial charge in [0.2, 0.25) is 0 Å². The predicted octanol–water partition coefficient (Wildman–Crippen LogP) is 0.0261. The van der Waals surface area contributed by atoms with Crippen molar-refractivity contribution in [2.45, 2.75) is 12.8 Å². The minimum atomic E-state index is -1.03. The van der Waals surface area contributed by atoms with E-state index in [9.17, 15) is 4.79 Å². The first-order chi connectivity index (χ1) is 7.27. The van der Waals surface area contributed by atoms with Crippen molar-refractivity contribution in [3.63, 3.8) is 0 Å². The zero-order valence-corrected chi connectivity index (χ0v) is 8.91. The highest BCUT2D eigenvalue weighted by molar-refractivity contribution is 5.64. The van der Waals surface area contributed by atoms with Crippen molar-refractivity contribution in [1.82, 2.24) is 5.32 Å². The van der Waals surface area contributed by atoms with Gasteiger partial charge in [-0.05, 0) is 19.4 Å². The molecule has 0 unspecified atom stereocenters. The molecule has 0 aromatic rings. The number of carbonyl (C=O) groups is 1. The van der Waals surface area contributed by atoms with Crippen LogP contribution in [0.5, 0.6) is 0 Å². The van der Waals surface area contributed by atoms with Crippen LogP contribution < -0.4 is 11.1 Å². The maximum Gasteiger partial charge on any atom is 0.404 e. The van der Waals surface area contributed by atoms with Gasteiger partial charge in [-0.2, -0.15) is 0 Å². The van der Waals surface area contributed by atoms with Gasteiger partial charge in [0.25, 0.3) is 0 Å². The summed E-state index contributed by atoms with van der Waals surface area (Å²) >= 11 is 0. The monoisotopic (exact) mass is 220 g/mol. The first kappa shape index (κ1) is 14.2. The first-order valence-electron chi connectivity index (χ1n) is 5.09. The summed E-state index contributed by atoms with van der Waals surface area (Å²) in [6.45, 7) is 3.11. The Hall–Kier alpha value is -0.850. The topological polar surface area (TPSA) is 93.8 Å². The number of carboxylic acid groups (broad SMARTS) is 1. The average Bonchev–Trinajstić information content (AvgIpc) is 2.20. The molecule has 0 aromatic heterocycles. The normalized spacial score (nSPS) is 10.2. The fraction of sp³-hybridized carbons (Fsp3) is 0.889. The molecule has 90 valence electrons. The van der Waals surface area contributed by atoms with Crippen molar-refractivity contribution in [2.75, 3.05) is 39.5 Å². The van der Waals surface area contributed by atoms with E-state index < -0.39 is 6.09 Å². The molecule has 0 rings (SSSR count). The van der Waals surface area contributed by atoms with E-state index in [0.29, 0.717) is 39.5 Å². The molecule has 0 atom stereocenters. The quantitative estimate of drug-likeness (QED) is 0.451. The molecule has 0 aliphatic carbocycles. The molecule has 15 heavy (non-hydrogen) atoms. The lowest BCUT2D eigenvalue weighted by atomic mass is 10.3. The summed E-state index contributed by atoms with van der Waals surface area (Å²) in [4.78, 5) is 10.0. The molecule has 0 bridgehead atoms. The van der Waals surface area contributed by atoms with Crippen LogP contribution in [0.4, 0.5) is 4.79 Å². The molecular weight excluding hydrogens is 200 g/mol. The van der Waals surface area contributed by atoms with E-state index in [0.717, 1.165) is 12.8 Å². The first-order valence-corrected chi connectivity index (χ1v) is 5.09. The molecule has 0 heterocycles. The fourth-order valence-corrected chi connectivity index (χ4v) is 0.901. The molecule has 4 N–H and O–H groups in total. The molecule has 0 spiro atoms. The summed E-state index contributed by atoms with van der Waals surface area (Å²) in [6.07, 6.45) is 0.914. The highest BCUT2D eigenvalue weighted by Crippen LogP contribution is 1.87. The van der Waals surface area contributed by atoms with Crippen molar-refractivity contribution >= 4 is 6.09 Å². The van der Waals surface area contributed by atoms with Crippen LogP contribution in [-0.4, -0.2) is 50.7 Å². The summed E-state index contributed by atoms with van der Waals surface area (Å²) in [5.74, 6) is 0. The Kier molecular flexibility index (Phi) is 10.6. The minimum absolute atomic E-state index is 0.308. The smallest absolute Gasteiger partial charge is 0.404 e. The molecular formula is C9H20N2O4. The van der Waals surface area contributed by atoms with Crippen molar-refractivity contribution < 1.29 is 19.4 Å². The van der Waals surface area contributed by atoms with Gasteiger partial charge in [-0.25, -0.2) is 4.79 Å². The van der Waals surface area contributed by atoms with E-state index in [1.54, 1.807) is 0 Å². The lowest BCUT2D eigenvalue weighted by Gasteiger charge is -2.05. The van der Waals surface area contributed by atoms with Gasteiger partial charge >= 0.3 is 6.09 Å². The van der Waals surface area contributed by atoms with E-state index in [1.165, 1.54) is 0 Å². The average molecular weight is 220 g/mol. The van der Waals surface area contributed by atoms with Crippen molar-refractivity contribution in [3.05, 3.63) is 0 Å². The van der Waals surface area contributed by atoms with E-state index >= 15 is 0 Å². The van der Waals surface area contributed by atoms with Gasteiger partial charge in [0, 0.05) is 13.2 Å². The maximum absolute atomic E-state index is 10.0. The third kappa shape index (κ3) is 13.2. The molecule has 6 heteroatoms. The summed E-state index contributed by atoms with van der Waals surface area (Å²) < 4.78 is 10.4. The van der Waals surface area contributed by atoms with Gasteiger partial charge in [-0.3, -0.25) is 0 Å². The van der Waals surface area contributed by atoms with Gasteiger partial charge in [-0.1, -0.05) is 0 Å². The van der Waals surface area contributed by atoms with Gasteiger partial charge in [0.1, 0.15) is 0 Å². The number of nitrogens with two attached hydrogens (primary N) is 1. The van der Waals surface area contributed by atoms with E-state index in [-0.39, 0.29) is 0 Å². The highest BCUT2D eigenvalue weighted by Gasteiger charge is 1.93. The molecule has 0 aromatic carbocycles. The Bertz CT molecular complexity index is 155. The standard InChI is InChI=1S/C9H20N2O4/c10-3-1-2-5-14-7-8-15-6-4-11-9(12)13/h11H,1-8,10H2,(H,12,13). The van der Waals surface area contributed by atoms with Crippen molar-refractivity contribution in [3.8, 4) is 0 Å². The van der Waals surface area contributed by atoms with Crippen LogP contribution in [0.1, 0.15) is 12.8 Å². The molecule has 6 nitrogen and oxygen atoms in total. The minimum Gasteiger partial charge on any atom is -0.465 e. The number of amides is 1. The number of hydrogen-bond acceptors (Lipinski definition) is 4. The Labute approximate surface area is 89.7 Å². The zero-order valence-electron chi connectivity index (χ0n) is 8.91. The Balaban J connectivity index is 2.89. The summed E-state index contributed by atoms with van der Waals surface area (Å²) in [6, 6.07) is 0. The zero-order chi connectivity index (χ0) is 11.4. The van der Waals surface area contributed by atoms with Crippen LogP contribution in [0.15, 0.2) is 0 Å². The largest absolute Gasteiger partial charge is 0.465 e. The molecule has 0 radical (unpaired) electrons. The van der Waals surface area contributed by atoms with E-state index in [2.05, 4.69) is 5.32 Å². The second-order valence-electron chi connectivity index (χ2n) is 2.95. The summed E-state index contributed by atoms with van der Waals surface area (Å²) in [5.41, 5.74) is 5.31. The van der Waals surface area contributed by atoms with E-state index in [1.807, 2.05) is 0 Å². The number of ether oxygens (including phenoxy) is 2. The van der Waals surface area contributed by atoms with Crippen LogP contribution in [-0.2, 0) is 9.47 Å². The van der Waals surface area contributed by atoms with Crippen LogP contribution in [0, 0.1) is 0 Å². The third-order valence-electron chi connectivity index (χ3n) is 1.64. The number of hydrogen-bond donors (Lipinski definition) is 3. The fourth-order valence-electron chi connectivity index (χ4n) is 0.901. The number of rotatable bonds is 10. The summed E-state index contributed by atoms with van der Waals surface area (Å²) in [7, 11) is 0. The van der Waals surface area contributed by atoms with Crippen LogP contribution >= 0.6 is 0 Å². The lowest BCUT2D eigenvalue weighted by molar-refractivity contribution is 0.0477. The van der Waals surface area contributed by atoms with E-state index in [4.69, 9.17) is 20.3 Å². The lowest BCUT2D eigenvalue weighted by Crippen LogP contribution is -2.25. The molecule has 1 amide bonds. The second-order valence-corrected chi connectivity index (χ2v) is 2.95. The Morgan fingerprint density at radius 1 is 1.13 bits per heavy atom. The van der Waals surface area contributed by atoms with Crippen molar-refractivity contribution in [1.29, 1.82) is 0 Å². The SMILES string of the molecule is NCCCCOCCOCCNC(=O)O.